The number of aromatic nitrogens is 3. The fourth-order valence-electron chi connectivity index (χ4n) is 1.87. The summed E-state index contributed by atoms with van der Waals surface area (Å²) in [6.07, 6.45) is 1.77. The molecule has 0 atom stereocenters. The number of aryl methyl sites for hydroxylation is 4. The Labute approximate surface area is 123 Å². The van der Waals surface area contributed by atoms with Gasteiger partial charge in [-0.05, 0) is 20.8 Å². The average molecular weight is 284 g/mol. The van der Waals surface area contributed by atoms with E-state index in [-0.39, 0.29) is 0 Å². The van der Waals surface area contributed by atoms with Crippen molar-refractivity contribution in [2.45, 2.75) is 20.8 Å². The molecule has 5 nitrogen and oxygen atoms in total. The summed E-state index contributed by atoms with van der Waals surface area (Å²) < 4.78 is 6.80. The van der Waals surface area contributed by atoms with Gasteiger partial charge in [0.1, 0.15) is 28.9 Å². The normalized spacial score (nSPS) is 11.9. The smallest absolute Gasteiger partial charge is 0.374 e. The first-order chi connectivity index (χ1) is 9.47. The van der Waals surface area contributed by atoms with Gasteiger partial charge in [-0.2, -0.15) is 5.26 Å². The zero-order valence-corrected chi connectivity index (χ0v) is 12.6. The van der Waals surface area contributed by atoms with E-state index >= 15 is 0 Å². The summed E-state index contributed by atoms with van der Waals surface area (Å²) in [7, 11) is 7.24. The molecule has 2 aromatic rings. The molecule has 0 bridgehead atoms. The molecule has 0 N–H and O–H groups in total. The summed E-state index contributed by atoms with van der Waals surface area (Å²) in [4.78, 5) is 9.42. The van der Waals surface area contributed by atoms with Crippen molar-refractivity contribution in [2.24, 2.45) is 7.05 Å². The number of allylic oxidation sites excluding steroid dienone is 1. The highest BCUT2D eigenvalue weighted by molar-refractivity contribution is 7.12. The average Bonchev–Trinajstić information content (AvgIpc) is 2.89. The number of hydrogen-bond acceptors (Lipinski definition) is 5. The summed E-state index contributed by atoms with van der Waals surface area (Å²) in [5, 5.41) is 10.3. The van der Waals surface area contributed by atoms with Gasteiger partial charge in [0.25, 0.3) is 0 Å². The topological polar surface area (TPSA) is 63.7 Å². The molecule has 0 unspecified atom stereocenters. The Balaban J connectivity index is 2.66. The lowest BCUT2D eigenvalue weighted by Crippen LogP contribution is -1.95. The van der Waals surface area contributed by atoms with E-state index in [1.807, 2.05) is 32.4 Å². The molecule has 0 amide bonds. The van der Waals surface area contributed by atoms with Crippen molar-refractivity contribution in [1.82, 2.24) is 14.5 Å². The minimum Gasteiger partial charge on any atom is -0.566 e. The maximum atomic E-state index is 9.43. The number of hydrogen-bond donors (Lipinski definition) is 0. The van der Waals surface area contributed by atoms with Crippen LogP contribution in [0, 0.1) is 32.1 Å². The van der Waals surface area contributed by atoms with E-state index in [1.165, 1.54) is 11.3 Å². The summed E-state index contributed by atoms with van der Waals surface area (Å²) in [6, 6.07) is 2.12. The van der Waals surface area contributed by atoms with Crippen molar-refractivity contribution >= 4 is 30.7 Å². The van der Waals surface area contributed by atoms with Gasteiger partial charge in [-0.3, -0.25) is 0 Å². The molecule has 2 radical (unpaired) electrons. The van der Waals surface area contributed by atoms with E-state index in [9.17, 15) is 5.26 Å². The minimum absolute atomic E-state index is 0.308. The fraction of sp³-hybridized carbons (Fsp3) is 0.308. The summed E-state index contributed by atoms with van der Waals surface area (Å²) >= 11 is 1.44. The molecule has 0 saturated heterocycles. The van der Waals surface area contributed by atoms with E-state index in [2.05, 4.69) is 16.0 Å². The Kier molecular flexibility index (Phi) is 3.95. The van der Waals surface area contributed by atoms with Crippen LogP contribution in [0.5, 0.6) is 0 Å². The third-order valence-electron chi connectivity index (χ3n) is 2.93. The first-order valence-corrected chi connectivity index (χ1v) is 6.75. The maximum Gasteiger partial charge on any atom is 0.374 e. The van der Waals surface area contributed by atoms with Gasteiger partial charge in [0.2, 0.25) is 0 Å². The first kappa shape index (κ1) is 14.3. The lowest BCUT2D eigenvalue weighted by molar-refractivity contribution is 0.576. The van der Waals surface area contributed by atoms with Crippen LogP contribution in [0.15, 0.2) is 6.20 Å². The lowest BCUT2D eigenvalue weighted by Gasteiger charge is -2.07. The van der Waals surface area contributed by atoms with E-state index in [0.717, 1.165) is 21.4 Å². The quantitative estimate of drug-likeness (QED) is 0.493. The third kappa shape index (κ3) is 2.47. The number of thiazole rings is 1. The van der Waals surface area contributed by atoms with Gasteiger partial charge in [-0.15, -0.1) is 11.3 Å². The zero-order chi connectivity index (χ0) is 14.9. The molecule has 2 rings (SSSR count). The second kappa shape index (κ2) is 5.51. The first-order valence-electron chi connectivity index (χ1n) is 5.93. The minimum atomic E-state index is 0.308. The number of nitriles is 1. The highest BCUT2D eigenvalue weighted by atomic mass is 32.1. The largest absolute Gasteiger partial charge is 0.566 e. The maximum absolute atomic E-state index is 9.43. The van der Waals surface area contributed by atoms with Crippen LogP contribution in [0.3, 0.4) is 0 Å². The summed E-state index contributed by atoms with van der Waals surface area (Å²) in [5.74, 6) is 1.12. The van der Waals surface area contributed by atoms with Gasteiger partial charge >= 0.3 is 8.05 Å². The SMILES string of the molecule is [B]OC(=C(C#N)c1cn(C)c(C)n1)c1sc(C)nc1C. The lowest BCUT2D eigenvalue weighted by atomic mass is 10.1. The van der Waals surface area contributed by atoms with Crippen molar-refractivity contribution in [2.75, 3.05) is 0 Å². The standard InChI is InChI=1S/C13H13BN4OS/c1-7-13(20-9(3)16-7)12(19-14)10(5-15)11-6-18(4)8(2)17-11/h6H,1-4H3. The van der Waals surface area contributed by atoms with E-state index in [0.29, 0.717) is 17.0 Å². The molecular weight excluding hydrogens is 271 g/mol. The van der Waals surface area contributed by atoms with Gasteiger partial charge in [0, 0.05) is 13.2 Å². The molecule has 0 fully saturated rings. The molecule has 0 aliphatic carbocycles. The van der Waals surface area contributed by atoms with Crippen molar-refractivity contribution < 1.29 is 4.65 Å². The van der Waals surface area contributed by atoms with Gasteiger partial charge < -0.3 is 9.22 Å². The van der Waals surface area contributed by atoms with Gasteiger partial charge in [0.15, 0.2) is 0 Å². The molecule has 100 valence electrons. The van der Waals surface area contributed by atoms with Crippen LogP contribution >= 0.6 is 11.3 Å². The number of rotatable bonds is 3. The molecule has 2 aromatic heterocycles. The Morgan fingerprint density at radius 1 is 1.40 bits per heavy atom. The van der Waals surface area contributed by atoms with Crippen molar-refractivity contribution in [3.8, 4) is 6.07 Å². The summed E-state index contributed by atoms with van der Waals surface area (Å²) in [6.45, 7) is 5.62. The van der Waals surface area contributed by atoms with E-state index < -0.39 is 0 Å². The van der Waals surface area contributed by atoms with Gasteiger partial charge in [-0.1, -0.05) is 0 Å². The molecule has 0 aliphatic rings. The monoisotopic (exact) mass is 284 g/mol. The van der Waals surface area contributed by atoms with Crippen molar-refractivity contribution in [1.29, 1.82) is 5.26 Å². The summed E-state index contributed by atoms with van der Waals surface area (Å²) in [5.41, 5.74) is 1.63. The number of imidazole rings is 1. The second-order valence-corrected chi connectivity index (χ2v) is 5.57. The Bertz CT molecular complexity index is 704. The van der Waals surface area contributed by atoms with Crippen LogP contribution in [0.25, 0.3) is 11.3 Å². The molecule has 0 aliphatic heterocycles. The molecule has 0 saturated carbocycles. The van der Waals surface area contributed by atoms with Crippen LogP contribution in [0.2, 0.25) is 0 Å². The molecule has 2 heterocycles. The van der Waals surface area contributed by atoms with Crippen LogP contribution in [-0.4, -0.2) is 22.6 Å². The highest BCUT2D eigenvalue weighted by Crippen LogP contribution is 2.31. The Morgan fingerprint density at radius 3 is 2.50 bits per heavy atom. The Morgan fingerprint density at radius 2 is 2.10 bits per heavy atom. The van der Waals surface area contributed by atoms with Gasteiger partial charge in [-0.25, -0.2) is 9.97 Å². The third-order valence-corrected chi connectivity index (χ3v) is 4.00. The molecular formula is C13H13BN4OS. The van der Waals surface area contributed by atoms with Crippen LogP contribution in [0.4, 0.5) is 0 Å². The van der Waals surface area contributed by atoms with Crippen LogP contribution in [-0.2, 0) is 11.7 Å². The zero-order valence-electron chi connectivity index (χ0n) is 11.8. The molecule has 7 heteroatoms. The highest BCUT2D eigenvalue weighted by Gasteiger charge is 2.19. The van der Waals surface area contributed by atoms with Crippen LogP contribution in [0.1, 0.15) is 27.1 Å². The van der Waals surface area contributed by atoms with E-state index in [1.54, 1.807) is 6.20 Å². The predicted octanol–water partition coefficient (Wildman–Crippen LogP) is 2.29. The van der Waals surface area contributed by atoms with Crippen molar-refractivity contribution in [3.63, 3.8) is 0 Å². The molecule has 20 heavy (non-hydrogen) atoms. The predicted molar refractivity (Wildman–Crippen MR) is 78.8 cm³/mol. The molecule has 0 aromatic carbocycles. The van der Waals surface area contributed by atoms with E-state index in [4.69, 9.17) is 12.7 Å². The Hall–Kier alpha value is -2.07. The van der Waals surface area contributed by atoms with Gasteiger partial charge in [0.05, 0.1) is 15.6 Å². The number of nitrogens with zero attached hydrogens (tertiary/aromatic N) is 4. The second-order valence-electron chi connectivity index (χ2n) is 4.37. The molecule has 0 spiro atoms. The van der Waals surface area contributed by atoms with Crippen molar-refractivity contribution in [3.05, 3.63) is 33.3 Å². The van der Waals surface area contributed by atoms with Crippen LogP contribution < -0.4 is 0 Å². The fourth-order valence-corrected chi connectivity index (χ4v) is 2.79.